The fourth-order valence-corrected chi connectivity index (χ4v) is 2.26. The zero-order chi connectivity index (χ0) is 10.8. The summed E-state index contributed by atoms with van der Waals surface area (Å²) in [5.74, 6) is 0.00105. The Labute approximate surface area is 91.0 Å². The van der Waals surface area contributed by atoms with Crippen molar-refractivity contribution < 1.29 is 21.9 Å². The Hall–Kier alpha value is -0.300. The molecule has 7 heteroatoms. The van der Waals surface area contributed by atoms with Crippen molar-refractivity contribution in [3.63, 3.8) is 0 Å². The van der Waals surface area contributed by atoms with Crippen LogP contribution in [-0.2, 0) is 7.63 Å². The van der Waals surface area contributed by atoms with Crippen LogP contribution in [0.2, 0.25) is 0 Å². The lowest BCUT2D eigenvalue weighted by Gasteiger charge is -2.08. The standard InChI is InChI=1S/C7H8IO5P/c1-5-2-3-6(8-9)7(4-5)13-14(10,11)12/h2-4H,1H3,(H2,10,11,12). The van der Waals surface area contributed by atoms with Gasteiger partial charge in [0.1, 0.15) is 5.75 Å². The maximum Gasteiger partial charge on any atom is 0.524 e. The van der Waals surface area contributed by atoms with E-state index in [4.69, 9.17) is 9.79 Å². The van der Waals surface area contributed by atoms with E-state index >= 15 is 0 Å². The number of hydrogen-bond acceptors (Lipinski definition) is 3. The summed E-state index contributed by atoms with van der Waals surface area (Å²) in [6.45, 7) is 1.75. The lowest BCUT2D eigenvalue weighted by Crippen LogP contribution is -1.93. The van der Waals surface area contributed by atoms with Gasteiger partial charge in [0, 0.05) is 0 Å². The van der Waals surface area contributed by atoms with Gasteiger partial charge in [-0.3, -0.25) is 12.9 Å². The van der Waals surface area contributed by atoms with Crippen molar-refractivity contribution in [1.82, 2.24) is 0 Å². The highest BCUT2D eigenvalue weighted by Gasteiger charge is 2.18. The van der Waals surface area contributed by atoms with E-state index in [0.717, 1.165) is 5.56 Å². The third kappa shape index (κ3) is 3.45. The van der Waals surface area contributed by atoms with Gasteiger partial charge in [0.15, 0.2) is 21.2 Å². The molecule has 0 heterocycles. The second kappa shape index (κ2) is 4.48. The highest BCUT2D eigenvalue weighted by Crippen LogP contribution is 2.40. The smallest absolute Gasteiger partial charge is 0.403 e. The molecule has 0 aromatic heterocycles. The zero-order valence-electron chi connectivity index (χ0n) is 7.18. The SMILES string of the molecule is Cc1ccc(I=O)c(OP(=O)(O)O)c1. The quantitative estimate of drug-likeness (QED) is 0.654. The molecule has 0 bridgehead atoms. The van der Waals surface area contributed by atoms with Gasteiger partial charge in [0.05, 0.1) is 3.57 Å². The molecule has 1 aromatic carbocycles. The molecule has 0 spiro atoms. The lowest BCUT2D eigenvalue weighted by molar-refractivity contribution is 0.282. The van der Waals surface area contributed by atoms with Gasteiger partial charge in [0.2, 0.25) is 0 Å². The fraction of sp³-hybridized carbons (Fsp3) is 0.143. The third-order valence-corrected chi connectivity index (χ3v) is 3.19. The summed E-state index contributed by atoms with van der Waals surface area (Å²) in [5, 5.41) is 0. The molecule has 0 aliphatic rings. The van der Waals surface area contributed by atoms with Gasteiger partial charge in [-0.15, -0.1) is 0 Å². The number of aryl methyl sites for hydroxylation is 1. The highest BCUT2D eigenvalue weighted by molar-refractivity contribution is 14.1. The second-order valence-corrected chi connectivity index (χ2v) is 5.36. The third-order valence-electron chi connectivity index (χ3n) is 1.39. The van der Waals surface area contributed by atoms with Crippen LogP contribution in [0.3, 0.4) is 0 Å². The van der Waals surface area contributed by atoms with Crippen molar-refractivity contribution in [2.45, 2.75) is 6.92 Å². The molecule has 0 aliphatic carbocycles. The van der Waals surface area contributed by atoms with Crippen LogP contribution in [0.15, 0.2) is 18.2 Å². The van der Waals surface area contributed by atoms with Gasteiger partial charge in [-0.2, -0.15) is 0 Å². The minimum absolute atomic E-state index is 0.00105. The minimum atomic E-state index is -4.57. The molecule has 2 N–H and O–H groups in total. The fourth-order valence-electron chi connectivity index (χ4n) is 0.872. The number of hydrogen-bond donors (Lipinski definition) is 2. The average molecular weight is 330 g/mol. The molecule has 0 radical (unpaired) electrons. The molecule has 0 aliphatic heterocycles. The van der Waals surface area contributed by atoms with Crippen LogP contribution in [0.25, 0.3) is 0 Å². The van der Waals surface area contributed by atoms with Crippen molar-refractivity contribution >= 4 is 29.0 Å². The van der Waals surface area contributed by atoms with E-state index in [1.807, 2.05) is 0 Å². The number of phosphoric ester groups is 1. The van der Waals surface area contributed by atoms with Gasteiger partial charge in [0.25, 0.3) is 0 Å². The Kier molecular flexibility index (Phi) is 3.77. The van der Waals surface area contributed by atoms with Crippen molar-refractivity contribution in [3.05, 3.63) is 27.3 Å². The summed E-state index contributed by atoms with van der Waals surface area (Å²) in [5.41, 5.74) is 0.787. The monoisotopic (exact) mass is 330 g/mol. The molecule has 0 atom stereocenters. The summed E-state index contributed by atoms with van der Waals surface area (Å²) >= 11 is -1.50. The van der Waals surface area contributed by atoms with Crippen LogP contribution in [0, 0.1) is 10.5 Å². The lowest BCUT2D eigenvalue weighted by atomic mass is 10.2. The summed E-state index contributed by atoms with van der Waals surface area (Å²) in [4.78, 5) is 17.2. The predicted molar refractivity (Wildman–Crippen MR) is 57.3 cm³/mol. The second-order valence-electron chi connectivity index (χ2n) is 2.59. The molecule has 1 rings (SSSR count). The van der Waals surface area contributed by atoms with Crippen LogP contribution in [0.4, 0.5) is 0 Å². The Morgan fingerprint density at radius 2 is 2.07 bits per heavy atom. The van der Waals surface area contributed by atoms with Crippen molar-refractivity contribution in [2.75, 3.05) is 0 Å². The van der Waals surface area contributed by atoms with Gasteiger partial charge in [-0.05, 0) is 24.6 Å². The molecule has 0 fully saturated rings. The van der Waals surface area contributed by atoms with Gasteiger partial charge in [-0.1, -0.05) is 6.07 Å². The van der Waals surface area contributed by atoms with Crippen molar-refractivity contribution in [3.8, 4) is 5.75 Å². The molecular formula is C7H8IO5P. The first-order chi connectivity index (χ1) is 6.42. The minimum Gasteiger partial charge on any atom is -0.403 e. The van der Waals surface area contributed by atoms with E-state index in [1.54, 1.807) is 19.1 Å². The van der Waals surface area contributed by atoms with Crippen LogP contribution in [0.5, 0.6) is 5.75 Å². The predicted octanol–water partition coefficient (Wildman–Crippen LogP) is 1.95. The zero-order valence-corrected chi connectivity index (χ0v) is 10.2. The first kappa shape index (κ1) is 11.8. The maximum atomic E-state index is 10.7. The van der Waals surface area contributed by atoms with Crippen LogP contribution in [0.1, 0.15) is 5.56 Å². The number of benzene rings is 1. The van der Waals surface area contributed by atoms with Crippen molar-refractivity contribution in [2.24, 2.45) is 0 Å². The first-order valence-electron chi connectivity index (χ1n) is 3.55. The average Bonchev–Trinajstić information content (AvgIpc) is 2.01. The Bertz CT molecular complexity index is 399. The van der Waals surface area contributed by atoms with Crippen LogP contribution in [-0.4, -0.2) is 9.79 Å². The molecule has 0 saturated heterocycles. The van der Waals surface area contributed by atoms with Gasteiger partial charge >= 0.3 is 7.82 Å². The number of rotatable bonds is 3. The molecule has 0 saturated carbocycles. The normalized spacial score (nSPS) is 11.4. The topological polar surface area (TPSA) is 83.8 Å². The van der Waals surface area contributed by atoms with E-state index in [-0.39, 0.29) is 5.75 Å². The van der Waals surface area contributed by atoms with Crippen molar-refractivity contribution in [1.29, 1.82) is 0 Å². The summed E-state index contributed by atoms with van der Waals surface area (Å²) in [6, 6.07) is 4.70. The Balaban J connectivity index is 3.11. The molecule has 0 unspecified atom stereocenters. The van der Waals surface area contributed by atoms with Gasteiger partial charge < -0.3 is 4.52 Å². The summed E-state index contributed by atoms with van der Waals surface area (Å²) in [7, 11) is -4.57. The molecule has 0 amide bonds. The molecule has 78 valence electrons. The Morgan fingerprint density at radius 3 is 2.57 bits per heavy atom. The van der Waals surface area contributed by atoms with Gasteiger partial charge in [-0.25, -0.2) is 4.57 Å². The van der Waals surface area contributed by atoms with E-state index in [2.05, 4.69) is 4.52 Å². The highest BCUT2D eigenvalue weighted by atomic mass is 127. The van der Waals surface area contributed by atoms with Crippen LogP contribution < -0.4 is 4.52 Å². The molecule has 1 aromatic rings. The Morgan fingerprint density at radius 1 is 1.43 bits per heavy atom. The van der Waals surface area contributed by atoms with Crippen LogP contribution >= 0.6 is 29.0 Å². The van der Waals surface area contributed by atoms with E-state index in [0.29, 0.717) is 3.57 Å². The largest absolute Gasteiger partial charge is 0.524 e. The first-order valence-corrected chi connectivity index (χ1v) is 7.04. The summed E-state index contributed by atoms with van der Waals surface area (Å²) in [6.07, 6.45) is 0. The maximum absolute atomic E-state index is 10.7. The number of phosphoric acid groups is 1. The molecule has 14 heavy (non-hydrogen) atoms. The molecule has 5 nitrogen and oxygen atoms in total. The summed E-state index contributed by atoms with van der Waals surface area (Å²) < 4.78 is 26.0. The van der Waals surface area contributed by atoms with E-state index in [1.165, 1.54) is 6.07 Å². The van der Waals surface area contributed by atoms with E-state index < -0.39 is 29.0 Å². The molecular weight excluding hydrogens is 322 g/mol. The van der Waals surface area contributed by atoms with E-state index in [9.17, 15) is 7.63 Å². The number of halogens is 1.